The van der Waals surface area contributed by atoms with Gasteiger partial charge in [0, 0.05) is 17.5 Å². The van der Waals surface area contributed by atoms with E-state index in [1.54, 1.807) is 12.4 Å². The Labute approximate surface area is 123 Å². The molecule has 2 N–H and O–H groups in total. The van der Waals surface area contributed by atoms with Crippen molar-refractivity contribution in [3.05, 3.63) is 18.5 Å². The largest absolute Gasteiger partial charge is 0.335 e. The standard InChI is InChI=1S/C15H21N5O/c1-9(2)20-14-12(7-17-20)6-13(8-16-14)19-15(21)18-10(3)11-4-5-11/h6-11H,4-5H2,1-3H3,(H2,18,19,21). The molecule has 0 radical (unpaired) electrons. The second kappa shape index (κ2) is 5.35. The number of nitrogens with one attached hydrogen (secondary N) is 2. The lowest BCUT2D eigenvalue weighted by atomic mass is 10.2. The van der Waals surface area contributed by atoms with Crippen molar-refractivity contribution in [3.63, 3.8) is 0 Å². The van der Waals surface area contributed by atoms with Crippen LogP contribution in [0.15, 0.2) is 18.5 Å². The zero-order valence-corrected chi connectivity index (χ0v) is 12.6. The molecule has 0 spiro atoms. The number of hydrogen-bond acceptors (Lipinski definition) is 3. The van der Waals surface area contributed by atoms with Gasteiger partial charge in [0.05, 0.1) is 18.1 Å². The number of anilines is 1. The molecule has 2 aromatic heterocycles. The van der Waals surface area contributed by atoms with Crippen molar-refractivity contribution in [2.75, 3.05) is 5.32 Å². The zero-order chi connectivity index (χ0) is 15.0. The molecule has 6 nitrogen and oxygen atoms in total. The minimum Gasteiger partial charge on any atom is -0.335 e. The Balaban J connectivity index is 1.70. The van der Waals surface area contributed by atoms with Crippen molar-refractivity contribution in [2.45, 2.75) is 45.7 Å². The van der Waals surface area contributed by atoms with Gasteiger partial charge in [-0.25, -0.2) is 14.5 Å². The fourth-order valence-electron chi connectivity index (χ4n) is 2.47. The molecule has 1 fully saturated rings. The van der Waals surface area contributed by atoms with Crippen molar-refractivity contribution < 1.29 is 4.79 Å². The Morgan fingerprint density at radius 2 is 2.10 bits per heavy atom. The Morgan fingerprint density at radius 1 is 1.33 bits per heavy atom. The summed E-state index contributed by atoms with van der Waals surface area (Å²) >= 11 is 0. The van der Waals surface area contributed by atoms with Crippen LogP contribution in [0, 0.1) is 5.92 Å². The molecule has 1 aliphatic carbocycles. The Bertz CT molecular complexity index is 659. The van der Waals surface area contributed by atoms with E-state index in [9.17, 15) is 4.79 Å². The molecule has 2 amide bonds. The van der Waals surface area contributed by atoms with Crippen molar-refractivity contribution in [2.24, 2.45) is 5.92 Å². The summed E-state index contributed by atoms with van der Waals surface area (Å²) in [6, 6.07) is 2.21. The molecule has 1 aliphatic rings. The molecule has 112 valence electrons. The van der Waals surface area contributed by atoms with Crippen molar-refractivity contribution >= 4 is 22.8 Å². The molecule has 2 heterocycles. The highest BCUT2D eigenvalue weighted by Gasteiger charge is 2.28. The van der Waals surface area contributed by atoms with E-state index in [0.29, 0.717) is 11.6 Å². The number of aromatic nitrogens is 3. The molecular weight excluding hydrogens is 266 g/mol. The van der Waals surface area contributed by atoms with Crippen LogP contribution in [0.5, 0.6) is 0 Å². The number of hydrogen-bond donors (Lipinski definition) is 2. The van der Waals surface area contributed by atoms with Crippen LogP contribution in [0.1, 0.15) is 39.7 Å². The summed E-state index contributed by atoms with van der Waals surface area (Å²) in [5.41, 5.74) is 1.52. The topological polar surface area (TPSA) is 71.8 Å². The van der Waals surface area contributed by atoms with Crippen LogP contribution in [0.2, 0.25) is 0 Å². The first kappa shape index (κ1) is 13.9. The first-order valence-electron chi connectivity index (χ1n) is 7.45. The van der Waals surface area contributed by atoms with Crippen LogP contribution in [0.25, 0.3) is 11.0 Å². The molecule has 1 atom stereocenters. The normalized spacial score (nSPS) is 16.2. The summed E-state index contributed by atoms with van der Waals surface area (Å²) in [5.74, 6) is 0.639. The molecule has 0 aliphatic heterocycles. The summed E-state index contributed by atoms with van der Waals surface area (Å²) in [6.07, 6.45) is 5.87. The number of carbonyl (C=O) groups excluding carboxylic acids is 1. The van der Waals surface area contributed by atoms with Gasteiger partial charge in [0.1, 0.15) is 0 Å². The lowest BCUT2D eigenvalue weighted by Gasteiger charge is -2.13. The SMILES string of the molecule is CC(NC(=O)Nc1cnc2c(cnn2C(C)C)c1)C1CC1. The monoisotopic (exact) mass is 287 g/mol. The molecule has 21 heavy (non-hydrogen) atoms. The van der Waals surface area contributed by atoms with E-state index in [1.165, 1.54) is 12.8 Å². The van der Waals surface area contributed by atoms with Crippen molar-refractivity contribution in [3.8, 4) is 0 Å². The predicted octanol–water partition coefficient (Wildman–Crippen LogP) is 2.93. The smallest absolute Gasteiger partial charge is 0.319 e. The third kappa shape index (κ3) is 2.99. The van der Waals surface area contributed by atoms with Gasteiger partial charge in [-0.05, 0) is 45.6 Å². The highest BCUT2D eigenvalue weighted by atomic mass is 16.2. The predicted molar refractivity (Wildman–Crippen MR) is 82.3 cm³/mol. The minimum absolute atomic E-state index is 0.174. The fraction of sp³-hybridized carbons (Fsp3) is 0.533. The average molecular weight is 287 g/mol. The second-order valence-electron chi connectivity index (χ2n) is 6.04. The first-order valence-corrected chi connectivity index (χ1v) is 7.45. The highest BCUT2D eigenvalue weighted by molar-refractivity contribution is 5.91. The number of carbonyl (C=O) groups is 1. The van der Waals surface area contributed by atoms with E-state index in [1.807, 2.05) is 17.7 Å². The van der Waals surface area contributed by atoms with Gasteiger partial charge in [0.15, 0.2) is 5.65 Å². The van der Waals surface area contributed by atoms with Gasteiger partial charge >= 0.3 is 6.03 Å². The maximum Gasteiger partial charge on any atom is 0.319 e. The summed E-state index contributed by atoms with van der Waals surface area (Å²) in [6.45, 7) is 6.17. The summed E-state index contributed by atoms with van der Waals surface area (Å²) in [4.78, 5) is 16.3. The number of amides is 2. The molecule has 0 aromatic carbocycles. The van der Waals surface area contributed by atoms with Gasteiger partial charge in [-0.3, -0.25) is 0 Å². The van der Waals surface area contributed by atoms with Gasteiger partial charge in [-0.1, -0.05) is 0 Å². The Kier molecular flexibility index (Phi) is 3.53. The Hall–Kier alpha value is -2.11. The van der Waals surface area contributed by atoms with E-state index in [0.717, 1.165) is 11.0 Å². The van der Waals surface area contributed by atoms with Crippen LogP contribution >= 0.6 is 0 Å². The van der Waals surface area contributed by atoms with Crippen LogP contribution in [0.3, 0.4) is 0 Å². The third-order valence-corrected chi connectivity index (χ3v) is 3.87. The van der Waals surface area contributed by atoms with E-state index < -0.39 is 0 Å². The quantitative estimate of drug-likeness (QED) is 0.908. The van der Waals surface area contributed by atoms with E-state index in [4.69, 9.17) is 0 Å². The molecule has 3 rings (SSSR count). The van der Waals surface area contributed by atoms with Crippen LogP contribution in [0.4, 0.5) is 10.5 Å². The first-order chi connectivity index (χ1) is 10.0. The number of nitrogens with zero attached hydrogens (tertiary/aromatic N) is 3. The van der Waals surface area contributed by atoms with Crippen molar-refractivity contribution in [1.29, 1.82) is 0 Å². The lowest BCUT2D eigenvalue weighted by Crippen LogP contribution is -2.37. The molecule has 1 saturated carbocycles. The van der Waals surface area contributed by atoms with E-state index in [-0.39, 0.29) is 18.1 Å². The molecule has 6 heteroatoms. The highest BCUT2D eigenvalue weighted by Crippen LogP contribution is 2.32. The summed E-state index contributed by atoms with van der Waals surface area (Å²) in [7, 11) is 0. The maximum absolute atomic E-state index is 11.9. The van der Waals surface area contributed by atoms with E-state index >= 15 is 0 Å². The van der Waals surface area contributed by atoms with Gasteiger partial charge in [-0.2, -0.15) is 5.10 Å². The molecule has 2 aromatic rings. The third-order valence-electron chi connectivity index (χ3n) is 3.87. The maximum atomic E-state index is 11.9. The zero-order valence-electron chi connectivity index (χ0n) is 12.6. The number of rotatable bonds is 4. The van der Waals surface area contributed by atoms with Gasteiger partial charge in [0.25, 0.3) is 0 Å². The molecule has 0 saturated heterocycles. The van der Waals surface area contributed by atoms with Crippen LogP contribution < -0.4 is 10.6 Å². The lowest BCUT2D eigenvalue weighted by molar-refractivity contribution is 0.248. The van der Waals surface area contributed by atoms with Gasteiger partial charge < -0.3 is 10.6 Å². The Morgan fingerprint density at radius 3 is 2.76 bits per heavy atom. The van der Waals surface area contributed by atoms with E-state index in [2.05, 4.69) is 34.6 Å². The second-order valence-corrected chi connectivity index (χ2v) is 6.04. The van der Waals surface area contributed by atoms with Crippen molar-refractivity contribution in [1.82, 2.24) is 20.1 Å². The van der Waals surface area contributed by atoms with Gasteiger partial charge in [0.2, 0.25) is 0 Å². The summed E-state index contributed by atoms with van der Waals surface area (Å²) in [5, 5.41) is 11.0. The summed E-state index contributed by atoms with van der Waals surface area (Å²) < 4.78 is 1.87. The fourth-order valence-corrected chi connectivity index (χ4v) is 2.47. The molecule has 0 bridgehead atoms. The van der Waals surface area contributed by atoms with Gasteiger partial charge in [-0.15, -0.1) is 0 Å². The molecular formula is C15H21N5O. The average Bonchev–Trinajstić information content (AvgIpc) is 3.18. The minimum atomic E-state index is -0.174. The number of fused-ring (bicyclic) bond motifs is 1. The van der Waals surface area contributed by atoms with Crippen LogP contribution in [-0.2, 0) is 0 Å². The number of urea groups is 1. The van der Waals surface area contributed by atoms with Crippen LogP contribution in [-0.4, -0.2) is 26.8 Å². The number of pyridine rings is 1. The molecule has 1 unspecified atom stereocenters.